The van der Waals surface area contributed by atoms with Gasteiger partial charge in [0.1, 0.15) is 5.75 Å². The Morgan fingerprint density at radius 1 is 1.37 bits per heavy atom. The molecule has 0 spiro atoms. The minimum absolute atomic E-state index is 0.536. The quantitative estimate of drug-likeness (QED) is 0.906. The van der Waals surface area contributed by atoms with E-state index in [9.17, 15) is 0 Å². The van der Waals surface area contributed by atoms with E-state index in [-0.39, 0.29) is 0 Å². The van der Waals surface area contributed by atoms with Gasteiger partial charge in [-0.3, -0.25) is 4.98 Å². The van der Waals surface area contributed by atoms with Gasteiger partial charge < -0.3 is 10.5 Å². The van der Waals surface area contributed by atoms with E-state index < -0.39 is 0 Å². The van der Waals surface area contributed by atoms with Crippen LogP contribution in [0.5, 0.6) is 5.75 Å². The molecule has 3 nitrogen and oxygen atoms in total. The molecule has 106 valence electrons. The highest BCUT2D eigenvalue weighted by atomic mass is 16.5. The molecule has 0 amide bonds. The third-order valence-corrected chi connectivity index (χ3v) is 4.68. The van der Waals surface area contributed by atoms with E-state index in [1.807, 2.05) is 6.20 Å². The standard InChI is InChI=1S/C16H26N2O/c1-11(2)12-4-5-13(8-17)16(7-12)14-6-15(19-3)10-18-9-14/h6,9-13,16H,4-5,7-8,17H2,1-3H3. The van der Waals surface area contributed by atoms with Gasteiger partial charge in [0.05, 0.1) is 13.3 Å². The summed E-state index contributed by atoms with van der Waals surface area (Å²) in [4.78, 5) is 4.30. The van der Waals surface area contributed by atoms with Gasteiger partial charge in [0.2, 0.25) is 0 Å². The van der Waals surface area contributed by atoms with Gasteiger partial charge in [0, 0.05) is 6.20 Å². The summed E-state index contributed by atoms with van der Waals surface area (Å²) < 4.78 is 5.30. The average Bonchev–Trinajstić information content (AvgIpc) is 2.46. The summed E-state index contributed by atoms with van der Waals surface area (Å²) in [6, 6.07) is 2.13. The van der Waals surface area contributed by atoms with Crippen LogP contribution in [-0.2, 0) is 0 Å². The summed E-state index contributed by atoms with van der Waals surface area (Å²) in [6.45, 7) is 5.43. The van der Waals surface area contributed by atoms with Crippen LogP contribution in [0.15, 0.2) is 18.5 Å². The molecule has 0 saturated heterocycles. The lowest BCUT2D eigenvalue weighted by molar-refractivity contribution is 0.197. The number of hydrogen-bond acceptors (Lipinski definition) is 3. The van der Waals surface area contributed by atoms with E-state index >= 15 is 0 Å². The molecule has 2 rings (SSSR count). The number of ether oxygens (including phenoxy) is 1. The summed E-state index contributed by atoms with van der Waals surface area (Å²) in [5, 5.41) is 0. The Balaban J connectivity index is 2.21. The minimum Gasteiger partial charge on any atom is -0.495 e. The molecule has 1 saturated carbocycles. The predicted molar refractivity (Wildman–Crippen MR) is 78.3 cm³/mol. The molecule has 3 unspecified atom stereocenters. The summed E-state index contributed by atoms with van der Waals surface area (Å²) in [5.41, 5.74) is 7.26. The first-order valence-corrected chi connectivity index (χ1v) is 7.34. The van der Waals surface area contributed by atoms with E-state index in [2.05, 4.69) is 24.9 Å². The van der Waals surface area contributed by atoms with E-state index in [1.54, 1.807) is 13.3 Å². The molecule has 3 heteroatoms. The molecule has 0 radical (unpaired) electrons. The van der Waals surface area contributed by atoms with Gasteiger partial charge in [0.15, 0.2) is 0 Å². The molecule has 1 aliphatic rings. The SMILES string of the molecule is COc1cncc(C2CC(C(C)C)CCC2CN)c1. The highest BCUT2D eigenvalue weighted by Gasteiger charge is 2.32. The summed E-state index contributed by atoms with van der Waals surface area (Å²) >= 11 is 0. The highest BCUT2D eigenvalue weighted by molar-refractivity contribution is 5.27. The van der Waals surface area contributed by atoms with Crippen LogP contribution >= 0.6 is 0 Å². The molecular formula is C16H26N2O. The largest absolute Gasteiger partial charge is 0.495 e. The minimum atomic E-state index is 0.536. The maximum absolute atomic E-state index is 5.97. The first kappa shape index (κ1) is 14.3. The van der Waals surface area contributed by atoms with Crippen LogP contribution in [-0.4, -0.2) is 18.6 Å². The zero-order valence-electron chi connectivity index (χ0n) is 12.3. The monoisotopic (exact) mass is 262 g/mol. The smallest absolute Gasteiger partial charge is 0.137 e. The Morgan fingerprint density at radius 3 is 2.79 bits per heavy atom. The number of nitrogens with zero attached hydrogens (tertiary/aromatic N) is 1. The molecular weight excluding hydrogens is 236 g/mol. The molecule has 19 heavy (non-hydrogen) atoms. The lowest BCUT2D eigenvalue weighted by Gasteiger charge is -2.37. The molecule has 0 aliphatic heterocycles. The maximum Gasteiger partial charge on any atom is 0.137 e. The Hall–Kier alpha value is -1.09. The fourth-order valence-electron chi connectivity index (χ4n) is 3.31. The van der Waals surface area contributed by atoms with Crippen molar-refractivity contribution in [3.8, 4) is 5.75 Å². The Bertz CT molecular complexity index is 405. The maximum atomic E-state index is 5.97. The van der Waals surface area contributed by atoms with Gasteiger partial charge in [-0.1, -0.05) is 13.8 Å². The van der Waals surface area contributed by atoms with Crippen LogP contribution in [0.4, 0.5) is 0 Å². The van der Waals surface area contributed by atoms with Crippen molar-refractivity contribution in [3.63, 3.8) is 0 Å². The number of nitrogens with two attached hydrogens (primary N) is 1. The highest BCUT2D eigenvalue weighted by Crippen LogP contribution is 2.43. The second-order valence-corrected chi connectivity index (χ2v) is 6.08. The molecule has 1 aromatic heterocycles. The van der Waals surface area contributed by atoms with Crippen molar-refractivity contribution >= 4 is 0 Å². The number of pyridine rings is 1. The van der Waals surface area contributed by atoms with Gasteiger partial charge in [-0.25, -0.2) is 0 Å². The number of aromatic nitrogens is 1. The number of methoxy groups -OCH3 is 1. The molecule has 0 bridgehead atoms. The Labute approximate surface area is 116 Å². The molecule has 0 aromatic carbocycles. The van der Waals surface area contributed by atoms with Gasteiger partial charge in [-0.05, 0) is 61.1 Å². The number of rotatable bonds is 4. The van der Waals surface area contributed by atoms with Crippen molar-refractivity contribution in [3.05, 3.63) is 24.0 Å². The third-order valence-electron chi connectivity index (χ3n) is 4.68. The molecule has 1 aromatic rings. The van der Waals surface area contributed by atoms with E-state index in [0.29, 0.717) is 11.8 Å². The average molecular weight is 262 g/mol. The fraction of sp³-hybridized carbons (Fsp3) is 0.688. The van der Waals surface area contributed by atoms with Gasteiger partial charge in [-0.2, -0.15) is 0 Å². The first-order chi connectivity index (χ1) is 9.15. The predicted octanol–water partition coefficient (Wildman–Crippen LogP) is 3.20. The fourth-order valence-corrected chi connectivity index (χ4v) is 3.31. The van der Waals surface area contributed by atoms with Crippen molar-refractivity contribution < 1.29 is 4.74 Å². The van der Waals surface area contributed by atoms with Gasteiger partial charge in [0.25, 0.3) is 0 Å². The van der Waals surface area contributed by atoms with Crippen LogP contribution in [0.1, 0.15) is 44.6 Å². The molecule has 2 N–H and O–H groups in total. The second kappa shape index (κ2) is 6.38. The zero-order chi connectivity index (χ0) is 13.8. The van der Waals surface area contributed by atoms with E-state index in [0.717, 1.165) is 24.1 Å². The van der Waals surface area contributed by atoms with Crippen molar-refractivity contribution in [2.75, 3.05) is 13.7 Å². The number of hydrogen-bond donors (Lipinski definition) is 1. The van der Waals surface area contributed by atoms with Crippen LogP contribution in [0, 0.1) is 17.8 Å². The van der Waals surface area contributed by atoms with Crippen molar-refractivity contribution in [1.82, 2.24) is 4.98 Å². The van der Waals surface area contributed by atoms with E-state index in [1.165, 1.54) is 24.8 Å². The molecule has 1 fully saturated rings. The van der Waals surface area contributed by atoms with Crippen molar-refractivity contribution in [1.29, 1.82) is 0 Å². The molecule has 3 atom stereocenters. The zero-order valence-corrected chi connectivity index (χ0v) is 12.3. The normalized spacial score (nSPS) is 27.5. The Morgan fingerprint density at radius 2 is 2.16 bits per heavy atom. The summed E-state index contributed by atoms with van der Waals surface area (Å²) in [5.74, 6) is 3.52. The van der Waals surface area contributed by atoms with Crippen LogP contribution in [0.2, 0.25) is 0 Å². The van der Waals surface area contributed by atoms with Gasteiger partial charge in [-0.15, -0.1) is 0 Å². The lowest BCUT2D eigenvalue weighted by Crippen LogP contribution is -2.30. The second-order valence-electron chi connectivity index (χ2n) is 6.08. The topological polar surface area (TPSA) is 48.1 Å². The molecule has 1 heterocycles. The Kier molecular flexibility index (Phi) is 4.81. The van der Waals surface area contributed by atoms with Crippen LogP contribution in [0.3, 0.4) is 0 Å². The van der Waals surface area contributed by atoms with Crippen LogP contribution < -0.4 is 10.5 Å². The van der Waals surface area contributed by atoms with Crippen LogP contribution in [0.25, 0.3) is 0 Å². The first-order valence-electron chi connectivity index (χ1n) is 7.34. The van der Waals surface area contributed by atoms with Crippen molar-refractivity contribution in [2.45, 2.75) is 39.0 Å². The van der Waals surface area contributed by atoms with E-state index in [4.69, 9.17) is 10.5 Å². The van der Waals surface area contributed by atoms with Crippen molar-refractivity contribution in [2.24, 2.45) is 23.5 Å². The summed E-state index contributed by atoms with van der Waals surface area (Å²) in [6.07, 6.45) is 7.53. The third kappa shape index (κ3) is 3.27. The summed E-state index contributed by atoms with van der Waals surface area (Å²) in [7, 11) is 1.69. The molecule has 1 aliphatic carbocycles. The lowest BCUT2D eigenvalue weighted by atomic mass is 9.68. The van der Waals surface area contributed by atoms with Gasteiger partial charge >= 0.3 is 0 Å².